The molecule has 0 aliphatic heterocycles. The number of rotatable bonds is 2. The van der Waals surface area contributed by atoms with Gasteiger partial charge in [0.15, 0.2) is 5.11 Å². The molecule has 1 aromatic heterocycles. The van der Waals surface area contributed by atoms with Crippen LogP contribution in [0.3, 0.4) is 0 Å². The van der Waals surface area contributed by atoms with E-state index in [1.54, 1.807) is 12.1 Å². The Morgan fingerprint density at radius 3 is 3.06 bits per heavy atom. The fourth-order valence-corrected chi connectivity index (χ4v) is 2.01. The molecule has 1 saturated carbocycles. The van der Waals surface area contributed by atoms with Crippen LogP contribution < -0.4 is 16.2 Å². The van der Waals surface area contributed by atoms with Crippen LogP contribution in [0.25, 0.3) is 10.9 Å². The lowest BCUT2D eigenvalue weighted by Gasteiger charge is -2.09. The Kier molecular flexibility index (Phi) is 2.71. The van der Waals surface area contributed by atoms with E-state index < -0.39 is 0 Å². The third kappa shape index (κ3) is 2.33. The molecule has 3 rings (SSSR count). The first-order valence-electron chi connectivity index (χ1n) is 5.77. The Morgan fingerprint density at radius 1 is 1.44 bits per heavy atom. The smallest absolute Gasteiger partial charge is 0.258 e. The molecule has 3 N–H and O–H groups in total. The predicted molar refractivity (Wildman–Crippen MR) is 74.7 cm³/mol. The van der Waals surface area contributed by atoms with Crippen molar-refractivity contribution < 1.29 is 0 Å². The molecular weight excluding hydrogens is 248 g/mol. The summed E-state index contributed by atoms with van der Waals surface area (Å²) >= 11 is 5.18. The highest BCUT2D eigenvalue weighted by Gasteiger charge is 2.21. The molecule has 1 fully saturated rings. The number of anilines is 1. The van der Waals surface area contributed by atoms with Crippen molar-refractivity contribution in [1.82, 2.24) is 15.3 Å². The summed E-state index contributed by atoms with van der Waals surface area (Å²) in [4.78, 5) is 18.3. The van der Waals surface area contributed by atoms with E-state index in [-0.39, 0.29) is 5.56 Å². The molecule has 0 unspecified atom stereocenters. The number of H-pyrrole nitrogens is 1. The molecule has 1 aliphatic rings. The number of hydrogen-bond acceptors (Lipinski definition) is 3. The van der Waals surface area contributed by atoms with E-state index in [0.717, 1.165) is 5.69 Å². The summed E-state index contributed by atoms with van der Waals surface area (Å²) in [6.45, 7) is 0. The van der Waals surface area contributed by atoms with Crippen LogP contribution in [-0.2, 0) is 0 Å². The largest absolute Gasteiger partial charge is 0.360 e. The molecule has 0 saturated heterocycles. The second kappa shape index (κ2) is 4.38. The summed E-state index contributed by atoms with van der Waals surface area (Å²) in [5.74, 6) is 0. The molecule has 0 spiro atoms. The van der Waals surface area contributed by atoms with E-state index >= 15 is 0 Å². The zero-order valence-electron chi connectivity index (χ0n) is 9.56. The van der Waals surface area contributed by atoms with Gasteiger partial charge < -0.3 is 15.6 Å². The van der Waals surface area contributed by atoms with Crippen molar-refractivity contribution in [3.8, 4) is 0 Å². The molecule has 2 aromatic rings. The number of aromatic nitrogens is 2. The number of aromatic amines is 1. The minimum atomic E-state index is -0.148. The molecular formula is C12H12N4OS. The Hall–Kier alpha value is -1.95. The van der Waals surface area contributed by atoms with Gasteiger partial charge in [0.1, 0.15) is 0 Å². The van der Waals surface area contributed by atoms with E-state index in [1.807, 2.05) is 6.07 Å². The van der Waals surface area contributed by atoms with Crippen molar-refractivity contribution in [2.45, 2.75) is 18.9 Å². The Labute approximate surface area is 109 Å². The zero-order chi connectivity index (χ0) is 12.5. The minimum absolute atomic E-state index is 0.148. The summed E-state index contributed by atoms with van der Waals surface area (Å²) in [7, 11) is 0. The SMILES string of the molecule is O=c1[nH]cnc2ccc(NC(=S)NC3CC3)cc12. The highest BCUT2D eigenvalue weighted by Crippen LogP contribution is 2.19. The Balaban J connectivity index is 1.85. The molecule has 0 atom stereocenters. The van der Waals surface area contributed by atoms with Gasteiger partial charge in [-0.05, 0) is 43.3 Å². The summed E-state index contributed by atoms with van der Waals surface area (Å²) < 4.78 is 0. The fraction of sp³-hybridized carbons (Fsp3) is 0.250. The van der Waals surface area contributed by atoms with Crippen molar-refractivity contribution in [1.29, 1.82) is 0 Å². The first kappa shape index (κ1) is 11.2. The second-order valence-corrected chi connectivity index (χ2v) is 4.74. The van der Waals surface area contributed by atoms with Gasteiger partial charge in [-0.15, -0.1) is 0 Å². The first-order chi connectivity index (χ1) is 8.72. The quantitative estimate of drug-likeness (QED) is 0.712. The van der Waals surface area contributed by atoms with Gasteiger partial charge in [-0.25, -0.2) is 4.98 Å². The summed E-state index contributed by atoms with van der Waals surface area (Å²) in [6.07, 6.45) is 3.74. The maximum Gasteiger partial charge on any atom is 0.258 e. The van der Waals surface area contributed by atoms with Crippen molar-refractivity contribution in [2.75, 3.05) is 5.32 Å². The number of hydrogen-bond donors (Lipinski definition) is 3. The number of benzene rings is 1. The summed E-state index contributed by atoms with van der Waals surface area (Å²) in [6, 6.07) is 5.92. The van der Waals surface area contributed by atoms with Crippen molar-refractivity contribution >= 4 is 33.9 Å². The zero-order valence-corrected chi connectivity index (χ0v) is 10.4. The van der Waals surface area contributed by atoms with Crippen LogP contribution in [0, 0.1) is 0 Å². The third-order valence-corrected chi connectivity index (χ3v) is 3.03. The van der Waals surface area contributed by atoms with Crippen LogP contribution in [0.4, 0.5) is 5.69 Å². The van der Waals surface area contributed by atoms with Gasteiger partial charge in [-0.2, -0.15) is 0 Å². The van der Waals surface area contributed by atoms with Gasteiger partial charge in [0, 0.05) is 11.7 Å². The molecule has 1 aromatic carbocycles. The van der Waals surface area contributed by atoms with Crippen molar-refractivity contribution in [2.24, 2.45) is 0 Å². The molecule has 1 aliphatic carbocycles. The maximum absolute atomic E-state index is 11.6. The van der Waals surface area contributed by atoms with Gasteiger partial charge in [0.25, 0.3) is 5.56 Å². The normalized spacial score (nSPS) is 14.4. The average molecular weight is 260 g/mol. The van der Waals surface area contributed by atoms with Crippen LogP contribution >= 0.6 is 12.2 Å². The summed E-state index contributed by atoms with van der Waals surface area (Å²) in [5, 5.41) is 7.40. The molecule has 0 radical (unpaired) electrons. The van der Waals surface area contributed by atoms with E-state index in [4.69, 9.17) is 12.2 Å². The van der Waals surface area contributed by atoms with Crippen LogP contribution in [0.2, 0.25) is 0 Å². The minimum Gasteiger partial charge on any atom is -0.360 e. The molecule has 92 valence electrons. The monoisotopic (exact) mass is 260 g/mol. The lowest BCUT2D eigenvalue weighted by atomic mass is 10.2. The van der Waals surface area contributed by atoms with Crippen LogP contribution in [0.5, 0.6) is 0 Å². The lowest BCUT2D eigenvalue weighted by Crippen LogP contribution is -2.30. The number of fused-ring (bicyclic) bond motifs is 1. The van der Waals surface area contributed by atoms with Crippen LogP contribution in [0.15, 0.2) is 29.3 Å². The molecule has 18 heavy (non-hydrogen) atoms. The molecule has 6 heteroatoms. The first-order valence-corrected chi connectivity index (χ1v) is 6.18. The van der Waals surface area contributed by atoms with E-state index in [0.29, 0.717) is 22.1 Å². The predicted octanol–water partition coefficient (Wildman–Crippen LogP) is 1.37. The van der Waals surface area contributed by atoms with Gasteiger partial charge >= 0.3 is 0 Å². The highest BCUT2D eigenvalue weighted by atomic mass is 32.1. The lowest BCUT2D eigenvalue weighted by molar-refractivity contribution is 0.919. The van der Waals surface area contributed by atoms with Gasteiger partial charge in [0.05, 0.1) is 17.2 Å². The Bertz CT molecular complexity index is 662. The van der Waals surface area contributed by atoms with Gasteiger partial charge in [-0.1, -0.05) is 0 Å². The van der Waals surface area contributed by atoms with Gasteiger partial charge in [-0.3, -0.25) is 4.79 Å². The standard InChI is InChI=1S/C12H12N4OS/c17-11-9-5-8(3-4-10(9)13-6-14-11)16-12(18)15-7-1-2-7/h3-7H,1-2H2,(H,13,14,17)(H2,15,16,18). The number of nitrogens with one attached hydrogen (secondary N) is 3. The second-order valence-electron chi connectivity index (χ2n) is 4.34. The topological polar surface area (TPSA) is 69.8 Å². The Morgan fingerprint density at radius 2 is 2.28 bits per heavy atom. The molecule has 0 bridgehead atoms. The summed E-state index contributed by atoms with van der Waals surface area (Å²) in [5.41, 5.74) is 1.31. The van der Waals surface area contributed by atoms with Crippen LogP contribution in [0.1, 0.15) is 12.8 Å². The van der Waals surface area contributed by atoms with Crippen LogP contribution in [-0.4, -0.2) is 21.1 Å². The fourth-order valence-electron chi connectivity index (χ4n) is 1.73. The molecule has 0 amide bonds. The van der Waals surface area contributed by atoms with Gasteiger partial charge in [0.2, 0.25) is 0 Å². The van der Waals surface area contributed by atoms with E-state index in [2.05, 4.69) is 20.6 Å². The van der Waals surface area contributed by atoms with E-state index in [9.17, 15) is 4.79 Å². The molecule has 1 heterocycles. The van der Waals surface area contributed by atoms with E-state index in [1.165, 1.54) is 19.2 Å². The number of thiocarbonyl (C=S) groups is 1. The number of nitrogens with zero attached hydrogens (tertiary/aromatic N) is 1. The van der Waals surface area contributed by atoms with Crippen molar-refractivity contribution in [3.05, 3.63) is 34.9 Å². The maximum atomic E-state index is 11.6. The average Bonchev–Trinajstić information content (AvgIpc) is 3.14. The highest BCUT2D eigenvalue weighted by molar-refractivity contribution is 7.80. The van der Waals surface area contributed by atoms with Crippen molar-refractivity contribution in [3.63, 3.8) is 0 Å². The molecule has 5 nitrogen and oxygen atoms in total. The third-order valence-electron chi connectivity index (χ3n) is 2.81.